The minimum atomic E-state index is 0.846. The van der Waals surface area contributed by atoms with Gasteiger partial charge in [-0.15, -0.1) is 0 Å². The van der Waals surface area contributed by atoms with Crippen molar-refractivity contribution in [3.05, 3.63) is 30.1 Å². The average molecular weight is 203 g/mol. The van der Waals surface area contributed by atoms with E-state index in [0.29, 0.717) is 0 Å². The van der Waals surface area contributed by atoms with Crippen molar-refractivity contribution in [2.24, 2.45) is 0 Å². The van der Waals surface area contributed by atoms with Gasteiger partial charge < -0.3 is 9.88 Å². The van der Waals surface area contributed by atoms with Crippen LogP contribution in [0.15, 0.2) is 24.3 Å². The van der Waals surface area contributed by atoms with E-state index in [1.807, 2.05) is 6.07 Å². The molecule has 0 aliphatic carbocycles. The highest BCUT2D eigenvalue weighted by Crippen LogP contribution is 2.15. The first-order valence-corrected chi connectivity index (χ1v) is 5.51. The summed E-state index contributed by atoms with van der Waals surface area (Å²) in [6.45, 7) is 7.07. The third-order valence-corrected chi connectivity index (χ3v) is 2.58. The van der Waals surface area contributed by atoms with Gasteiger partial charge in [0.25, 0.3) is 0 Å². The molecule has 0 spiro atoms. The fourth-order valence-electron chi connectivity index (χ4n) is 1.85. The highest BCUT2D eigenvalue weighted by Gasteiger charge is 2.07. The van der Waals surface area contributed by atoms with Crippen LogP contribution in [-0.4, -0.2) is 16.1 Å². The number of fused-ring (bicyclic) bond motifs is 1. The van der Waals surface area contributed by atoms with Crippen molar-refractivity contribution in [3.63, 3.8) is 0 Å². The Morgan fingerprint density at radius 3 is 2.80 bits per heavy atom. The minimum absolute atomic E-state index is 0.846. The molecule has 2 aromatic rings. The molecular weight excluding hydrogens is 186 g/mol. The largest absolute Gasteiger partial charge is 0.327 e. The Hall–Kier alpha value is -1.35. The van der Waals surface area contributed by atoms with Gasteiger partial charge in [0.1, 0.15) is 5.82 Å². The van der Waals surface area contributed by atoms with Crippen molar-refractivity contribution in [3.8, 4) is 0 Å². The Kier molecular flexibility index (Phi) is 3.02. The molecule has 0 radical (unpaired) electrons. The lowest BCUT2D eigenvalue weighted by Crippen LogP contribution is -2.16. The molecule has 80 valence electrons. The van der Waals surface area contributed by atoms with E-state index >= 15 is 0 Å². The SMILES string of the molecule is CCNCc1nc2ccccc2n1CC. The summed E-state index contributed by atoms with van der Waals surface area (Å²) in [4.78, 5) is 4.62. The van der Waals surface area contributed by atoms with Crippen molar-refractivity contribution >= 4 is 11.0 Å². The molecule has 0 fully saturated rings. The predicted octanol–water partition coefficient (Wildman–Crippen LogP) is 2.17. The summed E-state index contributed by atoms with van der Waals surface area (Å²) in [5.74, 6) is 1.13. The number of nitrogens with one attached hydrogen (secondary N) is 1. The summed E-state index contributed by atoms with van der Waals surface area (Å²) >= 11 is 0. The van der Waals surface area contributed by atoms with Gasteiger partial charge in [-0.3, -0.25) is 0 Å². The zero-order valence-corrected chi connectivity index (χ0v) is 9.33. The quantitative estimate of drug-likeness (QED) is 0.825. The van der Waals surface area contributed by atoms with Crippen LogP contribution in [0.5, 0.6) is 0 Å². The molecule has 1 aromatic heterocycles. The van der Waals surface area contributed by atoms with Crippen LogP contribution in [-0.2, 0) is 13.1 Å². The van der Waals surface area contributed by atoms with Crippen LogP contribution >= 0.6 is 0 Å². The average Bonchev–Trinajstić information content (AvgIpc) is 2.63. The lowest BCUT2D eigenvalue weighted by atomic mass is 10.3. The molecule has 0 amide bonds. The van der Waals surface area contributed by atoms with Gasteiger partial charge in [0.05, 0.1) is 17.6 Å². The summed E-state index contributed by atoms with van der Waals surface area (Å²) in [6.07, 6.45) is 0. The van der Waals surface area contributed by atoms with Gasteiger partial charge in [-0.1, -0.05) is 19.1 Å². The van der Waals surface area contributed by atoms with E-state index in [1.54, 1.807) is 0 Å². The topological polar surface area (TPSA) is 29.9 Å². The molecule has 0 aliphatic heterocycles. The molecule has 0 aliphatic rings. The van der Waals surface area contributed by atoms with Crippen molar-refractivity contribution in [2.45, 2.75) is 26.9 Å². The number of hydrogen-bond donors (Lipinski definition) is 1. The van der Waals surface area contributed by atoms with Crippen molar-refractivity contribution in [2.75, 3.05) is 6.54 Å². The van der Waals surface area contributed by atoms with Crippen molar-refractivity contribution < 1.29 is 0 Å². The molecule has 0 unspecified atom stereocenters. The second-order valence-corrected chi connectivity index (χ2v) is 3.54. The Bertz CT molecular complexity index is 445. The third kappa shape index (κ3) is 1.88. The van der Waals surface area contributed by atoms with E-state index in [9.17, 15) is 0 Å². The van der Waals surface area contributed by atoms with Crippen molar-refractivity contribution in [1.29, 1.82) is 0 Å². The maximum absolute atomic E-state index is 4.62. The second kappa shape index (κ2) is 4.45. The van der Waals surface area contributed by atoms with Gasteiger partial charge in [-0.05, 0) is 25.6 Å². The Morgan fingerprint density at radius 1 is 1.27 bits per heavy atom. The van der Waals surface area contributed by atoms with Gasteiger partial charge in [0, 0.05) is 6.54 Å². The molecule has 3 heteroatoms. The zero-order valence-electron chi connectivity index (χ0n) is 9.33. The monoisotopic (exact) mass is 203 g/mol. The van der Waals surface area contributed by atoms with E-state index in [0.717, 1.165) is 31.0 Å². The summed E-state index contributed by atoms with van der Waals surface area (Å²) in [7, 11) is 0. The van der Waals surface area contributed by atoms with E-state index in [1.165, 1.54) is 5.52 Å². The first-order chi connectivity index (χ1) is 7.36. The lowest BCUT2D eigenvalue weighted by Gasteiger charge is -2.05. The van der Waals surface area contributed by atoms with Crippen molar-refractivity contribution in [1.82, 2.24) is 14.9 Å². The zero-order chi connectivity index (χ0) is 10.7. The van der Waals surface area contributed by atoms with E-state index in [4.69, 9.17) is 0 Å². The third-order valence-electron chi connectivity index (χ3n) is 2.58. The van der Waals surface area contributed by atoms with Gasteiger partial charge >= 0.3 is 0 Å². The van der Waals surface area contributed by atoms with E-state index in [-0.39, 0.29) is 0 Å². The smallest absolute Gasteiger partial charge is 0.123 e. The van der Waals surface area contributed by atoms with Gasteiger partial charge in [-0.25, -0.2) is 4.98 Å². The number of imidazole rings is 1. The molecule has 0 bridgehead atoms. The first-order valence-electron chi connectivity index (χ1n) is 5.51. The molecular formula is C12H17N3. The summed E-state index contributed by atoms with van der Waals surface area (Å²) in [5.41, 5.74) is 2.32. The molecule has 1 N–H and O–H groups in total. The number of aryl methyl sites for hydroxylation is 1. The van der Waals surface area contributed by atoms with Crippen LogP contribution in [0.25, 0.3) is 11.0 Å². The highest BCUT2D eigenvalue weighted by atomic mass is 15.1. The maximum Gasteiger partial charge on any atom is 0.123 e. The normalized spacial score (nSPS) is 11.1. The Balaban J connectivity index is 2.44. The van der Waals surface area contributed by atoms with Crippen LogP contribution < -0.4 is 5.32 Å². The molecule has 15 heavy (non-hydrogen) atoms. The minimum Gasteiger partial charge on any atom is -0.327 e. The van der Waals surface area contributed by atoms with Crippen LogP contribution in [0, 0.1) is 0 Å². The highest BCUT2D eigenvalue weighted by molar-refractivity contribution is 5.75. The van der Waals surface area contributed by atoms with Gasteiger partial charge in [-0.2, -0.15) is 0 Å². The molecule has 1 aromatic carbocycles. The number of benzene rings is 1. The van der Waals surface area contributed by atoms with Gasteiger partial charge in [0.15, 0.2) is 0 Å². The number of hydrogen-bond acceptors (Lipinski definition) is 2. The van der Waals surface area contributed by atoms with Gasteiger partial charge in [0.2, 0.25) is 0 Å². The molecule has 2 rings (SSSR count). The number of rotatable bonds is 4. The van der Waals surface area contributed by atoms with Crippen LogP contribution in [0.4, 0.5) is 0 Å². The first kappa shape index (κ1) is 10.2. The number of aromatic nitrogens is 2. The standard InChI is InChI=1S/C12H17N3/c1-3-13-9-12-14-10-7-5-6-8-11(10)15(12)4-2/h5-8,13H,3-4,9H2,1-2H3. The number of nitrogens with zero attached hydrogens (tertiary/aromatic N) is 2. The van der Waals surface area contributed by atoms with Crippen LogP contribution in [0.1, 0.15) is 19.7 Å². The lowest BCUT2D eigenvalue weighted by molar-refractivity contribution is 0.638. The number of para-hydroxylation sites is 2. The summed E-state index contributed by atoms with van der Waals surface area (Å²) in [6, 6.07) is 8.29. The molecule has 1 heterocycles. The fraction of sp³-hybridized carbons (Fsp3) is 0.417. The molecule has 0 saturated carbocycles. The van der Waals surface area contributed by atoms with E-state index < -0.39 is 0 Å². The molecule has 0 saturated heterocycles. The Morgan fingerprint density at radius 2 is 2.07 bits per heavy atom. The summed E-state index contributed by atoms with van der Waals surface area (Å²) < 4.78 is 2.26. The maximum atomic E-state index is 4.62. The molecule has 0 atom stereocenters. The van der Waals surface area contributed by atoms with Crippen LogP contribution in [0.2, 0.25) is 0 Å². The summed E-state index contributed by atoms with van der Waals surface area (Å²) in [5, 5.41) is 3.32. The second-order valence-electron chi connectivity index (χ2n) is 3.54. The van der Waals surface area contributed by atoms with Crippen LogP contribution in [0.3, 0.4) is 0 Å². The molecule has 3 nitrogen and oxygen atoms in total. The van der Waals surface area contributed by atoms with E-state index in [2.05, 4.69) is 46.9 Å². The Labute approximate surface area is 90.1 Å². The fourth-order valence-corrected chi connectivity index (χ4v) is 1.85. The predicted molar refractivity (Wildman–Crippen MR) is 62.8 cm³/mol.